The van der Waals surface area contributed by atoms with Gasteiger partial charge in [0.1, 0.15) is 0 Å². The van der Waals surface area contributed by atoms with Gasteiger partial charge in [-0.1, -0.05) is 23.8 Å². The van der Waals surface area contributed by atoms with Gasteiger partial charge in [-0.15, -0.1) is 0 Å². The van der Waals surface area contributed by atoms with E-state index in [-0.39, 0.29) is 12.1 Å². The highest BCUT2D eigenvalue weighted by Gasteiger charge is 2.38. The van der Waals surface area contributed by atoms with Crippen molar-refractivity contribution in [2.75, 3.05) is 28.2 Å². The molecule has 0 radical (unpaired) electrons. The second-order valence-electron chi connectivity index (χ2n) is 7.69. The van der Waals surface area contributed by atoms with Crippen molar-refractivity contribution in [3.05, 3.63) is 66.5 Å². The van der Waals surface area contributed by atoms with Gasteiger partial charge in [-0.05, 0) is 50.1 Å². The van der Waals surface area contributed by atoms with Gasteiger partial charge in [0.25, 0.3) is 0 Å². The molecule has 2 aromatic heterocycles. The van der Waals surface area contributed by atoms with E-state index in [0.717, 1.165) is 48.7 Å². The number of carbonyl (C=O) groups is 1. The van der Waals surface area contributed by atoms with E-state index in [9.17, 15) is 4.79 Å². The summed E-state index contributed by atoms with van der Waals surface area (Å²) in [6, 6.07) is 16.1. The molecule has 0 spiro atoms. The monoisotopic (exact) mass is 385 g/mol. The van der Waals surface area contributed by atoms with Gasteiger partial charge in [0.2, 0.25) is 0 Å². The number of aromatic nitrogens is 2. The average molecular weight is 385 g/mol. The lowest BCUT2D eigenvalue weighted by Crippen LogP contribution is -2.56. The molecule has 1 atom stereocenters. The molecule has 2 bridgehead atoms. The summed E-state index contributed by atoms with van der Waals surface area (Å²) >= 11 is 0. The number of hydrogen-bond donors (Lipinski definition) is 1. The van der Waals surface area contributed by atoms with Crippen LogP contribution in [0.3, 0.4) is 0 Å². The summed E-state index contributed by atoms with van der Waals surface area (Å²) in [5, 5.41) is 2.99. The number of carbonyl (C=O) groups excluding carboxylic acids is 1. The maximum Gasteiger partial charge on any atom is 0.327 e. The first-order valence-corrected chi connectivity index (χ1v) is 10.0. The van der Waals surface area contributed by atoms with Crippen LogP contribution >= 0.6 is 0 Å². The van der Waals surface area contributed by atoms with Crippen molar-refractivity contribution in [1.82, 2.24) is 9.97 Å². The fraction of sp³-hybridized carbons (Fsp3) is 0.261. The second kappa shape index (κ2) is 7.20. The van der Waals surface area contributed by atoms with Gasteiger partial charge in [-0.25, -0.2) is 9.78 Å². The molecule has 1 N–H and O–H groups in total. The first kappa shape index (κ1) is 17.7. The van der Waals surface area contributed by atoms with Crippen LogP contribution in [0.4, 0.5) is 22.0 Å². The highest BCUT2D eigenvalue weighted by Crippen LogP contribution is 2.39. The SMILES string of the molecule is Cc1cccc(-c2ccc3c(n2)N(C(=O)Nc2cccnc2)[C@@H]2CCCN3C2)c1. The number of fused-ring (bicyclic) bond motifs is 4. The Hall–Kier alpha value is -3.41. The minimum absolute atomic E-state index is 0.119. The van der Waals surface area contributed by atoms with Crippen LogP contribution in [-0.2, 0) is 0 Å². The van der Waals surface area contributed by atoms with Gasteiger partial charge in [-0.2, -0.15) is 0 Å². The lowest BCUT2D eigenvalue weighted by molar-refractivity contribution is 0.252. The van der Waals surface area contributed by atoms with Crippen LogP contribution < -0.4 is 15.1 Å². The molecular formula is C23H23N5O. The number of piperidine rings is 1. The first-order chi connectivity index (χ1) is 14.2. The topological polar surface area (TPSA) is 61.4 Å². The Morgan fingerprint density at radius 1 is 1.17 bits per heavy atom. The van der Waals surface area contributed by atoms with Crippen LogP contribution in [0.15, 0.2) is 60.9 Å². The zero-order chi connectivity index (χ0) is 19.8. The molecule has 6 heteroatoms. The molecule has 0 aliphatic carbocycles. The zero-order valence-corrected chi connectivity index (χ0v) is 16.4. The summed E-state index contributed by atoms with van der Waals surface area (Å²) < 4.78 is 0. The molecule has 1 fully saturated rings. The quantitative estimate of drug-likeness (QED) is 0.707. The van der Waals surface area contributed by atoms with E-state index >= 15 is 0 Å². The second-order valence-corrected chi connectivity index (χ2v) is 7.69. The number of urea groups is 1. The Balaban J connectivity index is 1.56. The van der Waals surface area contributed by atoms with Crippen LogP contribution in [0.25, 0.3) is 11.3 Å². The molecule has 6 nitrogen and oxygen atoms in total. The van der Waals surface area contributed by atoms with E-state index < -0.39 is 0 Å². The van der Waals surface area contributed by atoms with Crippen molar-refractivity contribution in [3.8, 4) is 11.3 Å². The largest absolute Gasteiger partial charge is 0.366 e. The van der Waals surface area contributed by atoms with E-state index in [4.69, 9.17) is 4.98 Å². The summed E-state index contributed by atoms with van der Waals surface area (Å²) in [4.78, 5) is 26.5. The molecule has 1 aromatic carbocycles. The minimum Gasteiger partial charge on any atom is -0.366 e. The maximum atomic E-state index is 13.3. The molecule has 4 heterocycles. The molecule has 0 unspecified atom stereocenters. The normalized spacial score (nSPS) is 17.6. The van der Waals surface area contributed by atoms with E-state index in [1.807, 2.05) is 23.1 Å². The van der Waals surface area contributed by atoms with Gasteiger partial charge in [0.15, 0.2) is 5.82 Å². The number of amides is 2. The molecule has 2 aliphatic rings. The van der Waals surface area contributed by atoms with Gasteiger partial charge in [0, 0.05) is 24.8 Å². The Kier molecular flexibility index (Phi) is 4.39. The smallest absolute Gasteiger partial charge is 0.327 e. The molecule has 3 aromatic rings. The molecule has 1 saturated heterocycles. The molecular weight excluding hydrogens is 362 g/mol. The summed E-state index contributed by atoms with van der Waals surface area (Å²) in [5.41, 5.74) is 4.85. The van der Waals surface area contributed by atoms with Crippen LogP contribution in [0.1, 0.15) is 18.4 Å². The number of nitrogens with one attached hydrogen (secondary N) is 1. The number of nitrogens with zero attached hydrogens (tertiary/aromatic N) is 4. The van der Waals surface area contributed by atoms with E-state index in [0.29, 0.717) is 5.69 Å². The molecule has 5 rings (SSSR count). The van der Waals surface area contributed by atoms with Gasteiger partial charge in [-0.3, -0.25) is 9.88 Å². The van der Waals surface area contributed by atoms with Crippen molar-refractivity contribution < 1.29 is 4.79 Å². The highest BCUT2D eigenvalue weighted by molar-refractivity contribution is 6.04. The van der Waals surface area contributed by atoms with Gasteiger partial charge < -0.3 is 10.2 Å². The fourth-order valence-electron chi connectivity index (χ4n) is 4.27. The Morgan fingerprint density at radius 2 is 2.10 bits per heavy atom. The van der Waals surface area contributed by atoms with E-state index in [1.165, 1.54) is 5.56 Å². The highest BCUT2D eigenvalue weighted by atomic mass is 16.2. The lowest BCUT2D eigenvalue weighted by atomic mass is 9.99. The van der Waals surface area contributed by atoms with E-state index in [1.54, 1.807) is 12.4 Å². The summed E-state index contributed by atoms with van der Waals surface area (Å²) in [6.45, 7) is 3.93. The Bertz CT molecular complexity index is 1050. The number of benzene rings is 1. The third-order valence-corrected chi connectivity index (χ3v) is 5.63. The number of hydrogen-bond acceptors (Lipinski definition) is 4. The van der Waals surface area contributed by atoms with Crippen LogP contribution in [0.5, 0.6) is 0 Å². The number of aryl methyl sites for hydroxylation is 1. The molecule has 2 amide bonds. The van der Waals surface area contributed by atoms with Crippen molar-refractivity contribution in [2.24, 2.45) is 0 Å². The predicted octanol–water partition coefficient (Wildman–Crippen LogP) is 4.47. The van der Waals surface area contributed by atoms with Crippen molar-refractivity contribution >= 4 is 23.2 Å². The molecule has 2 aliphatic heterocycles. The van der Waals surface area contributed by atoms with Gasteiger partial charge in [0.05, 0.1) is 29.3 Å². The van der Waals surface area contributed by atoms with Gasteiger partial charge >= 0.3 is 6.03 Å². The Labute approximate surface area is 170 Å². The van der Waals surface area contributed by atoms with Crippen molar-refractivity contribution in [2.45, 2.75) is 25.8 Å². The predicted molar refractivity (Wildman–Crippen MR) is 115 cm³/mol. The van der Waals surface area contributed by atoms with Crippen molar-refractivity contribution in [3.63, 3.8) is 0 Å². The average Bonchev–Trinajstić information content (AvgIpc) is 2.74. The lowest BCUT2D eigenvalue weighted by Gasteiger charge is -2.45. The zero-order valence-electron chi connectivity index (χ0n) is 16.4. The van der Waals surface area contributed by atoms with Crippen LogP contribution in [0.2, 0.25) is 0 Å². The summed E-state index contributed by atoms with van der Waals surface area (Å²) in [6.07, 6.45) is 5.40. The third kappa shape index (κ3) is 3.31. The summed E-state index contributed by atoms with van der Waals surface area (Å²) in [7, 11) is 0. The maximum absolute atomic E-state index is 13.3. The minimum atomic E-state index is -0.153. The number of anilines is 3. The standard InChI is InChI=1S/C23H23N5O/c1-16-5-2-6-17(13-16)20-9-10-21-22(26-20)28(19-8-4-12-27(21)15-19)23(29)25-18-7-3-11-24-14-18/h2-3,5-7,9-11,13-14,19H,4,8,12,15H2,1H3,(H,25,29)/t19-/m1/s1. The summed E-state index contributed by atoms with van der Waals surface area (Å²) in [5.74, 6) is 0.737. The molecule has 29 heavy (non-hydrogen) atoms. The Morgan fingerprint density at radius 3 is 2.93 bits per heavy atom. The fourth-order valence-corrected chi connectivity index (χ4v) is 4.27. The number of pyridine rings is 2. The first-order valence-electron chi connectivity index (χ1n) is 10.0. The van der Waals surface area contributed by atoms with E-state index in [2.05, 4.69) is 52.5 Å². The van der Waals surface area contributed by atoms with Crippen LogP contribution in [-0.4, -0.2) is 35.1 Å². The molecule has 146 valence electrons. The third-order valence-electron chi connectivity index (χ3n) is 5.63. The van der Waals surface area contributed by atoms with Crippen molar-refractivity contribution in [1.29, 1.82) is 0 Å². The number of rotatable bonds is 2. The molecule has 0 saturated carbocycles. The van der Waals surface area contributed by atoms with Crippen LogP contribution in [0, 0.1) is 6.92 Å².